The van der Waals surface area contributed by atoms with Crippen LogP contribution in [-0.2, 0) is 0 Å². The van der Waals surface area contributed by atoms with E-state index in [1.807, 2.05) is 12.1 Å². The maximum atomic E-state index is 13.0. The summed E-state index contributed by atoms with van der Waals surface area (Å²) in [4.78, 5) is 28.3. The van der Waals surface area contributed by atoms with Gasteiger partial charge in [-0.3, -0.25) is 9.69 Å². The highest BCUT2D eigenvalue weighted by molar-refractivity contribution is 5.74. The first-order valence-corrected chi connectivity index (χ1v) is 12.6. The number of fused-ring (bicyclic) bond motifs is 1. The number of benzene rings is 1. The zero-order valence-corrected chi connectivity index (χ0v) is 22.6. The van der Waals surface area contributed by atoms with Crippen molar-refractivity contribution in [3.05, 3.63) is 84.5 Å². The molecule has 9 heteroatoms. The highest BCUT2D eigenvalue weighted by Gasteiger charge is 2.32. The number of aldehydes is 1. The van der Waals surface area contributed by atoms with Crippen molar-refractivity contribution in [1.29, 1.82) is 0 Å². The van der Waals surface area contributed by atoms with Gasteiger partial charge in [0.25, 0.3) is 0 Å². The second-order valence-corrected chi connectivity index (χ2v) is 10.4. The number of piperazine rings is 1. The van der Waals surface area contributed by atoms with E-state index < -0.39 is 0 Å². The summed E-state index contributed by atoms with van der Waals surface area (Å²) in [6.45, 7) is 15.7. The molecule has 4 heterocycles. The molecule has 1 aliphatic rings. The molecular formula is C29H34FN7O. The van der Waals surface area contributed by atoms with Gasteiger partial charge in [-0.05, 0) is 63.2 Å². The van der Waals surface area contributed by atoms with Crippen LogP contribution in [0.1, 0.15) is 55.5 Å². The van der Waals surface area contributed by atoms with Gasteiger partial charge in [-0.15, -0.1) is 0 Å². The number of imidazole rings is 1. The Morgan fingerprint density at radius 2 is 1.82 bits per heavy atom. The van der Waals surface area contributed by atoms with E-state index in [0.717, 1.165) is 48.0 Å². The molecule has 0 radical (unpaired) electrons. The lowest BCUT2D eigenvalue weighted by Gasteiger charge is -2.46. The van der Waals surface area contributed by atoms with Crippen molar-refractivity contribution >= 4 is 17.6 Å². The lowest BCUT2D eigenvalue weighted by atomic mass is 9.99. The summed E-state index contributed by atoms with van der Waals surface area (Å²) in [5, 5.41) is 4.46. The average molecular weight is 516 g/mol. The molecule has 0 amide bonds. The van der Waals surface area contributed by atoms with Crippen LogP contribution in [0, 0.1) is 5.82 Å². The number of hydrogen-bond acceptors (Lipinski definition) is 7. The van der Waals surface area contributed by atoms with Gasteiger partial charge in [-0.25, -0.2) is 23.9 Å². The first-order valence-electron chi connectivity index (χ1n) is 12.6. The molecule has 1 saturated heterocycles. The van der Waals surface area contributed by atoms with Gasteiger partial charge in [0.2, 0.25) is 0 Å². The number of halogens is 1. The van der Waals surface area contributed by atoms with E-state index in [4.69, 9.17) is 0 Å². The van der Waals surface area contributed by atoms with E-state index in [-0.39, 0.29) is 17.3 Å². The zero-order chi connectivity index (χ0) is 27.4. The lowest BCUT2D eigenvalue weighted by molar-refractivity contribution is 0.0695. The van der Waals surface area contributed by atoms with E-state index in [2.05, 4.69) is 71.2 Å². The Labute approximate surface area is 222 Å². The SMILES string of the molecule is C=C(c1ncccn1)N1CCN(C)C(C)(C)C1.CC(C)c1cc(-c2ccc(F)cc2)nn2cc(C=O)nc12. The topological polar surface area (TPSA) is 79.5 Å². The summed E-state index contributed by atoms with van der Waals surface area (Å²) in [6.07, 6.45) is 5.82. The molecule has 4 aromatic rings. The smallest absolute Gasteiger partial charge is 0.175 e. The van der Waals surface area contributed by atoms with Crippen molar-refractivity contribution in [2.75, 3.05) is 26.7 Å². The van der Waals surface area contributed by atoms with Crippen molar-refractivity contribution in [2.24, 2.45) is 0 Å². The second-order valence-electron chi connectivity index (χ2n) is 10.4. The van der Waals surface area contributed by atoms with Crippen LogP contribution in [0.25, 0.3) is 22.6 Å². The average Bonchev–Trinajstić information content (AvgIpc) is 3.34. The quantitative estimate of drug-likeness (QED) is 0.348. The summed E-state index contributed by atoms with van der Waals surface area (Å²) >= 11 is 0. The minimum absolute atomic E-state index is 0.163. The van der Waals surface area contributed by atoms with Crippen LogP contribution in [0.15, 0.2) is 61.6 Å². The molecular weight excluding hydrogens is 481 g/mol. The van der Waals surface area contributed by atoms with E-state index in [0.29, 0.717) is 17.6 Å². The summed E-state index contributed by atoms with van der Waals surface area (Å²) in [5.41, 5.74) is 4.65. The lowest BCUT2D eigenvalue weighted by Crippen LogP contribution is -2.56. The Hall–Kier alpha value is -3.98. The van der Waals surface area contributed by atoms with Gasteiger partial charge in [-0.2, -0.15) is 5.10 Å². The molecule has 38 heavy (non-hydrogen) atoms. The molecule has 1 fully saturated rings. The molecule has 198 valence electrons. The van der Waals surface area contributed by atoms with Gasteiger partial charge >= 0.3 is 0 Å². The van der Waals surface area contributed by atoms with Crippen LogP contribution in [0.5, 0.6) is 0 Å². The summed E-state index contributed by atoms with van der Waals surface area (Å²) < 4.78 is 14.6. The van der Waals surface area contributed by atoms with E-state index in [9.17, 15) is 9.18 Å². The predicted octanol–water partition coefficient (Wildman–Crippen LogP) is 4.94. The molecule has 1 aliphatic heterocycles. The number of hydrogen-bond donors (Lipinski definition) is 0. The van der Waals surface area contributed by atoms with Gasteiger partial charge in [-0.1, -0.05) is 20.4 Å². The molecule has 0 N–H and O–H groups in total. The highest BCUT2D eigenvalue weighted by atomic mass is 19.1. The first kappa shape index (κ1) is 27.1. The largest absolute Gasteiger partial charge is 0.366 e. The first-order chi connectivity index (χ1) is 18.1. The molecule has 8 nitrogen and oxygen atoms in total. The number of carbonyl (C=O) groups excluding carboxylic acids is 1. The van der Waals surface area contributed by atoms with Crippen molar-refractivity contribution < 1.29 is 9.18 Å². The number of carbonyl (C=O) groups is 1. The fraction of sp³-hybridized carbons (Fsp3) is 0.345. The Bertz CT molecular complexity index is 1410. The molecule has 1 aromatic carbocycles. The van der Waals surface area contributed by atoms with E-state index >= 15 is 0 Å². The maximum Gasteiger partial charge on any atom is 0.175 e. The molecule has 0 saturated carbocycles. The van der Waals surface area contributed by atoms with Crippen molar-refractivity contribution in [3.63, 3.8) is 0 Å². The Morgan fingerprint density at radius 3 is 2.42 bits per heavy atom. The Balaban J connectivity index is 0.000000181. The van der Waals surface area contributed by atoms with Gasteiger partial charge in [0, 0.05) is 48.7 Å². The number of aromatic nitrogens is 5. The summed E-state index contributed by atoms with van der Waals surface area (Å²) in [5.74, 6) is 0.680. The zero-order valence-electron chi connectivity index (χ0n) is 22.6. The molecule has 0 spiro atoms. The Kier molecular flexibility index (Phi) is 7.97. The van der Waals surface area contributed by atoms with Crippen molar-refractivity contribution in [2.45, 2.75) is 39.2 Å². The maximum absolute atomic E-state index is 13.0. The highest BCUT2D eigenvalue weighted by Crippen LogP contribution is 2.26. The normalized spacial score (nSPS) is 15.3. The fourth-order valence-corrected chi connectivity index (χ4v) is 4.32. The van der Waals surface area contributed by atoms with Crippen LogP contribution in [-0.4, -0.2) is 72.9 Å². The van der Waals surface area contributed by atoms with Gasteiger partial charge in [0.15, 0.2) is 17.8 Å². The van der Waals surface area contributed by atoms with E-state index in [1.165, 1.54) is 12.1 Å². The van der Waals surface area contributed by atoms with Gasteiger partial charge in [0.05, 0.1) is 17.6 Å². The molecule has 0 aliphatic carbocycles. The summed E-state index contributed by atoms with van der Waals surface area (Å²) in [7, 11) is 2.17. The van der Waals surface area contributed by atoms with Crippen molar-refractivity contribution in [3.8, 4) is 11.3 Å². The molecule has 5 rings (SSSR count). The predicted molar refractivity (Wildman–Crippen MR) is 147 cm³/mol. The van der Waals surface area contributed by atoms with Crippen LogP contribution < -0.4 is 0 Å². The fourth-order valence-electron chi connectivity index (χ4n) is 4.32. The third-order valence-corrected chi connectivity index (χ3v) is 6.88. The standard InChI is InChI=1S/C16H14FN3O.C13H20N4/c1-10(2)14-7-15(11-3-5-12(17)6-4-11)19-20-8-13(9-21)18-16(14)20;1-11(12-14-6-5-7-15-12)17-9-8-16(4)13(2,3)10-17/h3-10H,1-2H3;5-7H,1,8-10H2,2-4H3. The summed E-state index contributed by atoms with van der Waals surface area (Å²) in [6, 6.07) is 9.94. The Morgan fingerprint density at radius 1 is 1.13 bits per heavy atom. The van der Waals surface area contributed by atoms with Crippen molar-refractivity contribution in [1.82, 2.24) is 34.4 Å². The number of rotatable bonds is 5. The van der Waals surface area contributed by atoms with Crippen LogP contribution in [0.2, 0.25) is 0 Å². The van der Waals surface area contributed by atoms with Gasteiger partial charge < -0.3 is 4.90 Å². The van der Waals surface area contributed by atoms with Crippen LogP contribution >= 0.6 is 0 Å². The van der Waals surface area contributed by atoms with Crippen LogP contribution in [0.3, 0.4) is 0 Å². The molecule has 0 unspecified atom stereocenters. The van der Waals surface area contributed by atoms with Crippen LogP contribution in [0.4, 0.5) is 4.39 Å². The molecule has 3 aromatic heterocycles. The third kappa shape index (κ3) is 5.94. The second kappa shape index (κ2) is 11.2. The minimum Gasteiger partial charge on any atom is -0.366 e. The monoisotopic (exact) mass is 515 g/mol. The minimum atomic E-state index is -0.283. The molecule has 0 atom stereocenters. The van der Waals surface area contributed by atoms with E-state index in [1.54, 1.807) is 35.2 Å². The number of likely N-dealkylation sites (N-methyl/N-ethyl adjacent to an activating group) is 1. The third-order valence-electron chi connectivity index (χ3n) is 6.88. The van der Waals surface area contributed by atoms with Gasteiger partial charge in [0.1, 0.15) is 11.5 Å². The molecule has 0 bridgehead atoms. The number of nitrogens with zero attached hydrogens (tertiary/aromatic N) is 7.